The predicted molar refractivity (Wildman–Crippen MR) is 101 cm³/mol. The SMILES string of the molecule is NS(=O)(=O)NC[C@@H]1CCCN(C(=O)CCc2ncc(-c3c(F)cccc3F)o2)C1. The van der Waals surface area contributed by atoms with E-state index in [1.54, 1.807) is 4.90 Å². The van der Waals surface area contributed by atoms with Crippen molar-refractivity contribution >= 4 is 16.1 Å². The minimum atomic E-state index is -3.76. The molecule has 0 aliphatic carbocycles. The zero-order chi connectivity index (χ0) is 21.0. The van der Waals surface area contributed by atoms with Crippen LogP contribution in [-0.4, -0.2) is 43.8 Å². The second-order valence-corrected chi connectivity index (χ2v) is 8.34. The number of nitrogens with zero attached hydrogens (tertiary/aromatic N) is 2. The van der Waals surface area contributed by atoms with Crippen molar-refractivity contribution in [3.05, 3.63) is 41.9 Å². The minimum Gasteiger partial charge on any atom is -0.441 e. The van der Waals surface area contributed by atoms with E-state index in [-0.39, 0.29) is 48.4 Å². The Hall–Kier alpha value is -2.37. The molecule has 2 heterocycles. The molecule has 0 radical (unpaired) electrons. The van der Waals surface area contributed by atoms with E-state index < -0.39 is 21.8 Å². The predicted octanol–water partition coefficient (Wildman–Crippen LogP) is 1.58. The van der Waals surface area contributed by atoms with Crippen LogP contribution in [0.25, 0.3) is 11.3 Å². The van der Waals surface area contributed by atoms with Gasteiger partial charge in [0.15, 0.2) is 11.7 Å². The molecular weight excluding hydrogens is 406 g/mol. The number of oxazole rings is 1. The number of carbonyl (C=O) groups is 1. The molecule has 1 aromatic carbocycles. The molecule has 8 nitrogen and oxygen atoms in total. The van der Waals surface area contributed by atoms with Crippen molar-refractivity contribution in [2.24, 2.45) is 11.1 Å². The fourth-order valence-electron chi connectivity index (χ4n) is 3.34. The highest BCUT2D eigenvalue weighted by atomic mass is 32.2. The molecule has 1 amide bonds. The molecule has 11 heteroatoms. The minimum absolute atomic E-state index is 0.0107. The Morgan fingerprint density at radius 2 is 2.07 bits per heavy atom. The summed E-state index contributed by atoms with van der Waals surface area (Å²) >= 11 is 0. The van der Waals surface area contributed by atoms with Crippen molar-refractivity contribution in [2.45, 2.75) is 25.7 Å². The molecule has 1 aromatic heterocycles. The summed E-state index contributed by atoms with van der Waals surface area (Å²) in [7, 11) is -3.76. The lowest BCUT2D eigenvalue weighted by Gasteiger charge is -2.32. The number of piperidine rings is 1. The van der Waals surface area contributed by atoms with Crippen molar-refractivity contribution in [2.75, 3.05) is 19.6 Å². The highest BCUT2D eigenvalue weighted by Crippen LogP contribution is 2.27. The van der Waals surface area contributed by atoms with Crippen LogP contribution in [-0.2, 0) is 21.4 Å². The lowest BCUT2D eigenvalue weighted by Crippen LogP contribution is -2.44. The standard InChI is InChI=1S/C18H22F2N4O4S/c19-13-4-1-5-14(20)18(13)15-10-22-16(28-15)6-7-17(25)24-8-2-3-12(11-24)9-23-29(21,26)27/h1,4-5,10,12,23H,2-3,6-9,11H2,(H2,21,26,27)/t12-/m0/s1. The smallest absolute Gasteiger partial charge is 0.274 e. The number of rotatable bonds is 7. The van der Waals surface area contributed by atoms with E-state index in [1.165, 1.54) is 12.3 Å². The molecule has 0 saturated carbocycles. The van der Waals surface area contributed by atoms with Crippen molar-refractivity contribution in [3.8, 4) is 11.3 Å². The molecule has 0 spiro atoms. The van der Waals surface area contributed by atoms with Gasteiger partial charge in [-0.1, -0.05) is 6.07 Å². The Balaban J connectivity index is 1.55. The molecule has 29 heavy (non-hydrogen) atoms. The number of likely N-dealkylation sites (tertiary alicyclic amines) is 1. The lowest BCUT2D eigenvalue weighted by atomic mass is 9.98. The number of halogens is 2. The largest absolute Gasteiger partial charge is 0.441 e. The number of amides is 1. The van der Waals surface area contributed by atoms with Gasteiger partial charge in [-0.05, 0) is 30.9 Å². The van der Waals surface area contributed by atoms with Crippen molar-refractivity contribution in [1.82, 2.24) is 14.6 Å². The normalized spacial score (nSPS) is 17.5. The number of carbonyl (C=O) groups excluding carboxylic acids is 1. The van der Waals surface area contributed by atoms with E-state index >= 15 is 0 Å². The number of nitrogens with two attached hydrogens (primary N) is 1. The van der Waals surface area contributed by atoms with Crippen LogP contribution in [0.3, 0.4) is 0 Å². The van der Waals surface area contributed by atoms with Crippen molar-refractivity contribution < 1.29 is 26.4 Å². The maximum Gasteiger partial charge on any atom is 0.274 e. The van der Waals surface area contributed by atoms with E-state index in [9.17, 15) is 22.0 Å². The third-order valence-corrected chi connectivity index (χ3v) is 5.33. The molecule has 0 unspecified atom stereocenters. The summed E-state index contributed by atoms with van der Waals surface area (Å²) in [5.74, 6) is -1.46. The molecule has 158 valence electrons. The maximum atomic E-state index is 13.8. The molecule has 0 bridgehead atoms. The van der Waals surface area contributed by atoms with Crippen LogP contribution in [0, 0.1) is 17.6 Å². The molecule has 1 fully saturated rings. The summed E-state index contributed by atoms with van der Waals surface area (Å²) in [5, 5.41) is 4.94. The Kier molecular flexibility index (Phi) is 6.60. The van der Waals surface area contributed by atoms with Crippen LogP contribution in [0.2, 0.25) is 0 Å². The van der Waals surface area contributed by atoms with E-state index in [1.807, 2.05) is 0 Å². The molecule has 1 saturated heterocycles. The third-order valence-electron chi connectivity index (χ3n) is 4.76. The molecule has 1 aliphatic rings. The summed E-state index contributed by atoms with van der Waals surface area (Å²) in [4.78, 5) is 18.1. The van der Waals surface area contributed by atoms with Gasteiger partial charge < -0.3 is 9.32 Å². The first-order chi connectivity index (χ1) is 13.7. The first-order valence-electron chi connectivity index (χ1n) is 9.17. The zero-order valence-corrected chi connectivity index (χ0v) is 16.4. The quantitative estimate of drug-likeness (QED) is 0.694. The van der Waals surface area contributed by atoms with E-state index in [0.29, 0.717) is 13.1 Å². The van der Waals surface area contributed by atoms with Gasteiger partial charge in [0.2, 0.25) is 5.91 Å². The van der Waals surface area contributed by atoms with Crippen LogP contribution in [0.4, 0.5) is 8.78 Å². The summed E-state index contributed by atoms with van der Waals surface area (Å²) in [5.41, 5.74) is -0.293. The summed E-state index contributed by atoms with van der Waals surface area (Å²) in [6.07, 6.45) is 3.10. The Labute approximate surface area is 167 Å². The first kappa shape index (κ1) is 21.3. The maximum absolute atomic E-state index is 13.8. The number of nitrogens with one attached hydrogen (secondary N) is 1. The molecular formula is C18H22F2N4O4S. The molecule has 2 aromatic rings. The number of aryl methyl sites for hydroxylation is 1. The highest BCUT2D eigenvalue weighted by molar-refractivity contribution is 7.87. The van der Waals surface area contributed by atoms with Gasteiger partial charge in [0.05, 0.1) is 11.8 Å². The van der Waals surface area contributed by atoms with Gasteiger partial charge in [-0.15, -0.1) is 0 Å². The van der Waals surface area contributed by atoms with Crippen LogP contribution in [0.1, 0.15) is 25.2 Å². The number of aromatic nitrogens is 1. The summed E-state index contributed by atoms with van der Waals surface area (Å²) < 4.78 is 57.4. The second-order valence-electron chi connectivity index (χ2n) is 6.96. The van der Waals surface area contributed by atoms with E-state index in [0.717, 1.165) is 25.0 Å². The van der Waals surface area contributed by atoms with Gasteiger partial charge >= 0.3 is 0 Å². The second kappa shape index (κ2) is 8.97. The van der Waals surface area contributed by atoms with E-state index in [4.69, 9.17) is 9.56 Å². The zero-order valence-electron chi connectivity index (χ0n) is 15.6. The number of hydrogen-bond acceptors (Lipinski definition) is 5. The third kappa shape index (κ3) is 5.81. The fraction of sp³-hybridized carbons (Fsp3) is 0.444. The Bertz CT molecular complexity index is 960. The average molecular weight is 428 g/mol. The Morgan fingerprint density at radius 1 is 1.34 bits per heavy atom. The van der Waals surface area contributed by atoms with Gasteiger partial charge in [-0.3, -0.25) is 4.79 Å². The number of benzene rings is 1. The molecule has 1 aliphatic heterocycles. The molecule has 1 atom stereocenters. The summed E-state index contributed by atoms with van der Waals surface area (Å²) in [6, 6.07) is 3.51. The van der Waals surface area contributed by atoms with Crippen molar-refractivity contribution in [3.63, 3.8) is 0 Å². The van der Waals surface area contributed by atoms with Crippen LogP contribution >= 0.6 is 0 Å². The van der Waals surface area contributed by atoms with Crippen molar-refractivity contribution in [1.29, 1.82) is 0 Å². The lowest BCUT2D eigenvalue weighted by molar-refractivity contribution is -0.133. The van der Waals surface area contributed by atoms with Crippen LogP contribution < -0.4 is 9.86 Å². The van der Waals surface area contributed by atoms with E-state index in [2.05, 4.69) is 9.71 Å². The van der Waals surface area contributed by atoms with Crippen LogP contribution in [0.5, 0.6) is 0 Å². The van der Waals surface area contributed by atoms with Gasteiger partial charge in [0.1, 0.15) is 11.6 Å². The van der Waals surface area contributed by atoms with Gasteiger partial charge in [-0.25, -0.2) is 23.6 Å². The molecule has 3 rings (SSSR count). The Morgan fingerprint density at radius 3 is 2.76 bits per heavy atom. The topological polar surface area (TPSA) is 119 Å². The summed E-state index contributed by atoms with van der Waals surface area (Å²) in [6.45, 7) is 1.19. The monoisotopic (exact) mass is 428 g/mol. The average Bonchev–Trinajstić information content (AvgIpc) is 3.12. The van der Waals surface area contributed by atoms with Gasteiger partial charge in [0.25, 0.3) is 10.2 Å². The fourth-order valence-corrected chi connectivity index (χ4v) is 3.81. The highest BCUT2D eigenvalue weighted by Gasteiger charge is 2.24. The molecule has 3 N–H and O–H groups in total. The van der Waals surface area contributed by atoms with Gasteiger partial charge in [-0.2, -0.15) is 8.42 Å². The van der Waals surface area contributed by atoms with Gasteiger partial charge in [0, 0.05) is 32.5 Å². The first-order valence-corrected chi connectivity index (χ1v) is 10.7. The van der Waals surface area contributed by atoms with Crippen LogP contribution in [0.15, 0.2) is 28.8 Å². The number of hydrogen-bond donors (Lipinski definition) is 2.